The van der Waals surface area contributed by atoms with Crippen molar-refractivity contribution in [3.05, 3.63) is 47.5 Å². The Kier molecular flexibility index (Phi) is 10.6. The van der Waals surface area contributed by atoms with Gasteiger partial charge in [0, 0.05) is 56.5 Å². The molecule has 0 unspecified atom stereocenters. The zero-order valence-corrected chi connectivity index (χ0v) is 22.0. The van der Waals surface area contributed by atoms with Crippen molar-refractivity contribution >= 4 is 41.5 Å². The number of ether oxygens (including phenoxy) is 3. The van der Waals surface area contributed by atoms with Gasteiger partial charge in [0.25, 0.3) is 0 Å². The number of methoxy groups -OCH3 is 3. The molecule has 1 amide bonds. The molecular weight excluding hydrogens is 535 g/mol. The Morgan fingerprint density at radius 1 is 1.03 bits per heavy atom. The summed E-state index contributed by atoms with van der Waals surface area (Å²) in [4.78, 5) is 18.0. The first-order chi connectivity index (χ1) is 15.6. The zero-order valence-electron chi connectivity index (χ0n) is 19.6. The normalized spacial score (nSPS) is 13.4. The fourth-order valence-electron chi connectivity index (χ4n) is 3.75. The largest absolute Gasteiger partial charge is 0.496 e. The average Bonchev–Trinajstić information content (AvgIpc) is 3.26. The Morgan fingerprint density at radius 3 is 2.21 bits per heavy atom. The van der Waals surface area contributed by atoms with Crippen LogP contribution in [0.3, 0.4) is 0 Å². The predicted octanol–water partition coefficient (Wildman–Crippen LogP) is 3.36. The highest BCUT2D eigenvalue weighted by Crippen LogP contribution is 2.34. The quantitative estimate of drug-likeness (QED) is 0.274. The molecule has 0 saturated carbocycles. The van der Waals surface area contributed by atoms with Crippen molar-refractivity contribution in [2.75, 3.05) is 46.4 Å². The minimum absolute atomic E-state index is 0. The molecule has 0 aliphatic carbocycles. The monoisotopic (exact) mass is 568 g/mol. The van der Waals surface area contributed by atoms with Crippen LogP contribution in [0.15, 0.2) is 41.4 Å². The summed E-state index contributed by atoms with van der Waals surface area (Å²) in [5.74, 6) is 3.04. The molecule has 1 heterocycles. The minimum atomic E-state index is 0. The summed E-state index contributed by atoms with van der Waals surface area (Å²) >= 11 is 0. The van der Waals surface area contributed by atoms with E-state index in [0.29, 0.717) is 37.6 Å². The molecule has 0 aromatic heterocycles. The summed E-state index contributed by atoms with van der Waals surface area (Å²) in [6, 6.07) is 11.8. The second-order valence-corrected chi connectivity index (χ2v) is 7.43. The molecule has 1 saturated heterocycles. The molecule has 1 aliphatic rings. The molecule has 0 bridgehead atoms. The average molecular weight is 568 g/mol. The van der Waals surface area contributed by atoms with Crippen LogP contribution < -0.4 is 29.7 Å². The van der Waals surface area contributed by atoms with Gasteiger partial charge in [0.15, 0.2) is 5.96 Å². The third-order valence-electron chi connectivity index (χ3n) is 5.49. The fourth-order valence-corrected chi connectivity index (χ4v) is 3.75. The van der Waals surface area contributed by atoms with E-state index in [-0.39, 0.29) is 29.9 Å². The molecule has 3 rings (SSSR count). The van der Waals surface area contributed by atoms with E-state index in [1.807, 2.05) is 41.3 Å². The van der Waals surface area contributed by atoms with Gasteiger partial charge >= 0.3 is 0 Å². The molecular formula is C24H33IN4O4. The van der Waals surface area contributed by atoms with Gasteiger partial charge in [0.05, 0.1) is 21.3 Å². The number of benzene rings is 2. The maximum atomic E-state index is 11.9. The summed E-state index contributed by atoms with van der Waals surface area (Å²) in [6.45, 7) is 2.08. The van der Waals surface area contributed by atoms with E-state index in [2.05, 4.69) is 15.6 Å². The molecule has 2 aromatic rings. The Labute approximate surface area is 212 Å². The van der Waals surface area contributed by atoms with Gasteiger partial charge in [-0.2, -0.15) is 0 Å². The number of halogens is 1. The van der Waals surface area contributed by atoms with Crippen molar-refractivity contribution < 1.29 is 19.0 Å². The van der Waals surface area contributed by atoms with Crippen LogP contribution in [0.4, 0.5) is 5.69 Å². The van der Waals surface area contributed by atoms with Gasteiger partial charge in [-0.1, -0.05) is 12.1 Å². The third kappa shape index (κ3) is 6.89. The molecule has 33 heavy (non-hydrogen) atoms. The first-order valence-corrected chi connectivity index (χ1v) is 10.7. The van der Waals surface area contributed by atoms with Gasteiger partial charge in [-0.3, -0.25) is 9.79 Å². The number of rotatable bonds is 9. The van der Waals surface area contributed by atoms with Crippen molar-refractivity contribution in [1.29, 1.82) is 0 Å². The molecule has 8 nitrogen and oxygen atoms in total. The van der Waals surface area contributed by atoms with Gasteiger partial charge in [0.1, 0.15) is 17.2 Å². The summed E-state index contributed by atoms with van der Waals surface area (Å²) in [5.41, 5.74) is 3.04. The lowest BCUT2D eigenvalue weighted by Gasteiger charge is -2.17. The van der Waals surface area contributed by atoms with Crippen LogP contribution in [0.25, 0.3) is 0 Å². The lowest BCUT2D eigenvalue weighted by atomic mass is 10.1. The molecule has 1 aliphatic heterocycles. The molecule has 0 atom stereocenters. The fraction of sp³-hybridized carbons (Fsp3) is 0.417. The lowest BCUT2D eigenvalue weighted by Crippen LogP contribution is -2.37. The number of amides is 1. The standard InChI is InChI=1S/C24H32N4O4.HI/c1-25-24(26-12-11-20-21(31-3)14-19(30-2)15-22(20)32-4)27-16-17-7-9-18(10-8-17)28-13-5-6-23(28)29;/h7-10,14-15H,5-6,11-13,16H2,1-4H3,(H2,25,26,27);1H. The Balaban J connectivity index is 0.00000385. The molecule has 2 N–H and O–H groups in total. The first kappa shape index (κ1) is 26.6. The Hall–Kier alpha value is -2.69. The number of nitrogens with zero attached hydrogens (tertiary/aromatic N) is 2. The Bertz CT molecular complexity index is 925. The van der Waals surface area contributed by atoms with Gasteiger partial charge in [-0.25, -0.2) is 0 Å². The van der Waals surface area contributed by atoms with E-state index in [4.69, 9.17) is 14.2 Å². The molecule has 9 heteroatoms. The summed E-state index contributed by atoms with van der Waals surface area (Å²) in [7, 11) is 6.63. The first-order valence-electron chi connectivity index (χ1n) is 10.7. The van der Waals surface area contributed by atoms with E-state index in [9.17, 15) is 4.79 Å². The number of anilines is 1. The number of hydrogen-bond donors (Lipinski definition) is 2. The van der Waals surface area contributed by atoms with Crippen LogP contribution in [0, 0.1) is 0 Å². The van der Waals surface area contributed by atoms with E-state index in [0.717, 1.165) is 41.3 Å². The van der Waals surface area contributed by atoms with E-state index >= 15 is 0 Å². The highest BCUT2D eigenvalue weighted by molar-refractivity contribution is 14.0. The van der Waals surface area contributed by atoms with E-state index in [1.54, 1.807) is 28.4 Å². The lowest BCUT2D eigenvalue weighted by molar-refractivity contribution is -0.117. The zero-order chi connectivity index (χ0) is 22.9. The van der Waals surface area contributed by atoms with Crippen molar-refractivity contribution in [3.8, 4) is 17.2 Å². The summed E-state index contributed by atoms with van der Waals surface area (Å²) in [6.07, 6.45) is 2.26. The van der Waals surface area contributed by atoms with Crippen LogP contribution >= 0.6 is 24.0 Å². The maximum Gasteiger partial charge on any atom is 0.227 e. The topological polar surface area (TPSA) is 84.4 Å². The van der Waals surface area contributed by atoms with E-state index < -0.39 is 0 Å². The molecule has 0 spiro atoms. The van der Waals surface area contributed by atoms with Gasteiger partial charge in [-0.15, -0.1) is 24.0 Å². The second kappa shape index (κ2) is 13.1. The predicted molar refractivity (Wildman–Crippen MR) is 141 cm³/mol. The number of carbonyl (C=O) groups is 1. The number of nitrogens with one attached hydrogen (secondary N) is 2. The summed E-state index contributed by atoms with van der Waals surface area (Å²) < 4.78 is 16.3. The number of aliphatic imine (C=N–C) groups is 1. The van der Waals surface area contributed by atoms with Gasteiger partial charge < -0.3 is 29.7 Å². The highest BCUT2D eigenvalue weighted by Gasteiger charge is 2.21. The van der Waals surface area contributed by atoms with Crippen LogP contribution in [0.5, 0.6) is 17.2 Å². The summed E-state index contributed by atoms with van der Waals surface area (Å²) in [5, 5.41) is 6.65. The van der Waals surface area contributed by atoms with Crippen LogP contribution in [0.2, 0.25) is 0 Å². The minimum Gasteiger partial charge on any atom is -0.496 e. The molecule has 1 fully saturated rings. The van der Waals surface area contributed by atoms with Crippen LogP contribution in [-0.4, -0.2) is 53.3 Å². The molecule has 2 aromatic carbocycles. The van der Waals surface area contributed by atoms with Crippen molar-refractivity contribution in [2.45, 2.75) is 25.8 Å². The van der Waals surface area contributed by atoms with E-state index in [1.165, 1.54) is 0 Å². The van der Waals surface area contributed by atoms with Gasteiger partial charge in [-0.05, 0) is 30.5 Å². The number of guanidine groups is 1. The van der Waals surface area contributed by atoms with Crippen molar-refractivity contribution in [1.82, 2.24) is 10.6 Å². The Morgan fingerprint density at radius 2 is 1.70 bits per heavy atom. The maximum absolute atomic E-state index is 11.9. The highest BCUT2D eigenvalue weighted by atomic mass is 127. The number of hydrogen-bond acceptors (Lipinski definition) is 5. The van der Waals surface area contributed by atoms with Crippen LogP contribution in [-0.2, 0) is 17.8 Å². The number of carbonyl (C=O) groups excluding carboxylic acids is 1. The molecule has 180 valence electrons. The third-order valence-corrected chi connectivity index (χ3v) is 5.49. The second-order valence-electron chi connectivity index (χ2n) is 7.43. The van der Waals surface area contributed by atoms with Crippen molar-refractivity contribution in [3.63, 3.8) is 0 Å². The van der Waals surface area contributed by atoms with Gasteiger partial charge in [0.2, 0.25) is 5.91 Å². The smallest absolute Gasteiger partial charge is 0.227 e. The van der Waals surface area contributed by atoms with Crippen LogP contribution in [0.1, 0.15) is 24.0 Å². The molecule has 0 radical (unpaired) electrons. The van der Waals surface area contributed by atoms with Crippen molar-refractivity contribution in [2.24, 2.45) is 4.99 Å². The SMILES string of the molecule is CN=C(NCCc1c(OC)cc(OC)cc1OC)NCc1ccc(N2CCCC2=O)cc1.I.